The molecule has 1 aliphatic rings. The Morgan fingerprint density at radius 2 is 2.54 bits per heavy atom. The predicted molar refractivity (Wildman–Crippen MR) is 50.6 cm³/mol. The summed E-state index contributed by atoms with van der Waals surface area (Å²) in [5, 5.41) is 16.5. The van der Waals surface area contributed by atoms with Crippen molar-refractivity contribution in [2.75, 3.05) is 18.0 Å². The van der Waals surface area contributed by atoms with Crippen molar-refractivity contribution < 1.29 is 5.11 Å². The van der Waals surface area contributed by atoms with E-state index in [0.29, 0.717) is 12.5 Å². The third kappa shape index (κ3) is 1.67. The number of nitrogens with one attached hydrogen (secondary N) is 1. The van der Waals surface area contributed by atoms with Gasteiger partial charge in [-0.1, -0.05) is 6.92 Å². The molecule has 1 fully saturated rings. The Balaban J connectivity index is 2.03. The molecule has 0 saturated carbocycles. The Morgan fingerprint density at radius 3 is 3.15 bits per heavy atom. The lowest BCUT2D eigenvalue weighted by Crippen LogP contribution is -2.43. The second-order valence-corrected chi connectivity index (χ2v) is 3.72. The average Bonchev–Trinajstić information content (AvgIpc) is 2.62. The first-order valence-electron chi connectivity index (χ1n) is 4.70. The third-order valence-corrected chi connectivity index (χ3v) is 2.75. The summed E-state index contributed by atoms with van der Waals surface area (Å²) in [7, 11) is 0. The molecule has 0 radical (unpaired) electrons. The molecule has 2 atom stereocenters. The second-order valence-electron chi connectivity index (χ2n) is 3.72. The van der Waals surface area contributed by atoms with Gasteiger partial charge in [0.1, 0.15) is 5.82 Å². The number of aliphatic hydroxyl groups is 1. The van der Waals surface area contributed by atoms with Crippen molar-refractivity contribution in [3.8, 4) is 0 Å². The van der Waals surface area contributed by atoms with Gasteiger partial charge in [-0.2, -0.15) is 5.10 Å². The zero-order valence-corrected chi connectivity index (χ0v) is 7.77. The fourth-order valence-electron chi connectivity index (χ4n) is 1.69. The fourth-order valence-corrected chi connectivity index (χ4v) is 1.69. The number of hydrogen-bond donors (Lipinski definition) is 2. The molecule has 1 aliphatic heterocycles. The summed E-state index contributed by atoms with van der Waals surface area (Å²) in [4.78, 5) is 2.14. The van der Waals surface area contributed by atoms with Gasteiger partial charge in [-0.05, 0) is 12.3 Å². The molecule has 0 bridgehead atoms. The van der Waals surface area contributed by atoms with Crippen LogP contribution in [0.5, 0.6) is 0 Å². The Labute approximate surface area is 77.6 Å². The number of aromatic nitrogens is 2. The van der Waals surface area contributed by atoms with E-state index >= 15 is 0 Å². The number of β-amino-alcohol motifs (C(OH)–C–C–N with tert-alkyl or cyclic N) is 1. The predicted octanol–water partition coefficient (Wildman–Crippen LogP) is 0.617. The quantitative estimate of drug-likeness (QED) is 0.667. The monoisotopic (exact) mass is 181 g/mol. The van der Waals surface area contributed by atoms with Gasteiger partial charge in [0, 0.05) is 19.2 Å². The van der Waals surface area contributed by atoms with E-state index in [2.05, 4.69) is 22.0 Å². The van der Waals surface area contributed by atoms with E-state index < -0.39 is 0 Å². The standard InChI is InChI=1S/C9H15N3O/c1-7-3-5-12(6-8(7)13)9-2-4-10-11-9/h2,4,7-8,13H,3,5-6H2,1H3,(H,10,11)/t7-,8+/m1/s1. The molecule has 0 amide bonds. The van der Waals surface area contributed by atoms with Crippen molar-refractivity contribution in [2.45, 2.75) is 19.4 Å². The maximum absolute atomic E-state index is 9.67. The summed E-state index contributed by atoms with van der Waals surface area (Å²) in [5.74, 6) is 1.42. The maximum Gasteiger partial charge on any atom is 0.124 e. The average molecular weight is 181 g/mol. The van der Waals surface area contributed by atoms with Crippen molar-refractivity contribution >= 4 is 5.82 Å². The number of anilines is 1. The molecular formula is C9H15N3O. The lowest BCUT2D eigenvalue weighted by atomic mass is 9.96. The van der Waals surface area contributed by atoms with E-state index in [1.54, 1.807) is 6.20 Å². The minimum absolute atomic E-state index is 0.211. The molecule has 4 heteroatoms. The van der Waals surface area contributed by atoms with Crippen LogP contribution in [0, 0.1) is 5.92 Å². The number of aliphatic hydroxyl groups excluding tert-OH is 1. The highest BCUT2D eigenvalue weighted by Gasteiger charge is 2.24. The molecule has 0 spiro atoms. The molecule has 2 rings (SSSR count). The number of nitrogens with zero attached hydrogens (tertiary/aromatic N) is 2. The summed E-state index contributed by atoms with van der Waals surface area (Å²) in [5.41, 5.74) is 0. The largest absolute Gasteiger partial charge is 0.391 e. The SMILES string of the molecule is C[C@@H]1CCN(c2ccn[nH]2)C[C@@H]1O. The first-order valence-corrected chi connectivity index (χ1v) is 4.70. The minimum Gasteiger partial charge on any atom is -0.391 e. The van der Waals surface area contributed by atoms with Crippen LogP contribution in [0.4, 0.5) is 5.82 Å². The zero-order chi connectivity index (χ0) is 9.26. The smallest absolute Gasteiger partial charge is 0.124 e. The molecule has 2 N–H and O–H groups in total. The normalized spacial score (nSPS) is 29.2. The minimum atomic E-state index is -0.211. The van der Waals surface area contributed by atoms with Gasteiger partial charge in [-0.15, -0.1) is 0 Å². The first kappa shape index (κ1) is 8.56. The summed E-state index contributed by atoms with van der Waals surface area (Å²) in [6.07, 6.45) is 2.57. The Bertz CT molecular complexity index is 260. The van der Waals surface area contributed by atoms with E-state index in [-0.39, 0.29) is 6.10 Å². The van der Waals surface area contributed by atoms with E-state index in [0.717, 1.165) is 18.8 Å². The molecule has 2 heterocycles. The number of hydrogen-bond acceptors (Lipinski definition) is 3. The molecule has 1 aromatic rings. The van der Waals surface area contributed by atoms with Gasteiger partial charge in [0.15, 0.2) is 0 Å². The lowest BCUT2D eigenvalue weighted by molar-refractivity contribution is 0.102. The van der Waals surface area contributed by atoms with Gasteiger partial charge in [-0.25, -0.2) is 0 Å². The van der Waals surface area contributed by atoms with Crippen molar-refractivity contribution in [3.05, 3.63) is 12.3 Å². The number of aromatic amines is 1. The van der Waals surface area contributed by atoms with Gasteiger partial charge in [0.05, 0.1) is 12.3 Å². The van der Waals surface area contributed by atoms with Crippen LogP contribution in [0.15, 0.2) is 12.3 Å². The van der Waals surface area contributed by atoms with Crippen LogP contribution in [0.1, 0.15) is 13.3 Å². The zero-order valence-electron chi connectivity index (χ0n) is 7.77. The molecule has 0 aliphatic carbocycles. The van der Waals surface area contributed by atoms with Crippen LogP contribution in [-0.4, -0.2) is 34.5 Å². The molecule has 13 heavy (non-hydrogen) atoms. The summed E-state index contributed by atoms with van der Waals surface area (Å²) < 4.78 is 0. The van der Waals surface area contributed by atoms with Crippen molar-refractivity contribution in [1.29, 1.82) is 0 Å². The van der Waals surface area contributed by atoms with E-state index in [9.17, 15) is 5.11 Å². The molecule has 72 valence electrons. The third-order valence-electron chi connectivity index (χ3n) is 2.75. The molecule has 0 aromatic carbocycles. The van der Waals surface area contributed by atoms with Gasteiger partial charge in [0.2, 0.25) is 0 Å². The summed E-state index contributed by atoms with van der Waals surface area (Å²) in [6.45, 7) is 3.80. The Hall–Kier alpha value is -1.03. The van der Waals surface area contributed by atoms with Crippen LogP contribution in [0.3, 0.4) is 0 Å². The highest BCUT2D eigenvalue weighted by molar-refractivity contribution is 5.37. The van der Waals surface area contributed by atoms with Crippen LogP contribution in [0.2, 0.25) is 0 Å². The van der Waals surface area contributed by atoms with E-state index in [1.807, 2.05) is 6.07 Å². The first-order chi connectivity index (χ1) is 6.27. The highest BCUT2D eigenvalue weighted by atomic mass is 16.3. The molecule has 1 saturated heterocycles. The fraction of sp³-hybridized carbons (Fsp3) is 0.667. The topological polar surface area (TPSA) is 52.2 Å². The second kappa shape index (κ2) is 3.38. The van der Waals surface area contributed by atoms with Crippen LogP contribution in [0.25, 0.3) is 0 Å². The number of H-pyrrole nitrogens is 1. The molecular weight excluding hydrogens is 166 g/mol. The molecule has 1 aromatic heterocycles. The van der Waals surface area contributed by atoms with Gasteiger partial charge >= 0.3 is 0 Å². The van der Waals surface area contributed by atoms with Gasteiger partial charge < -0.3 is 10.0 Å². The van der Waals surface area contributed by atoms with Crippen LogP contribution in [-0.2, 0) is 0 Å². The maximum atomic E-state index is 9.67. The van der Waals surface area contributed by atoms with Gasteiger partial charge in [0.25, 0.3) is 0 Å². The number of piperidine rings is 1. The highest BCUT2D eigenvalue weighted by Crippen LogP contribution is 2.20. The lowest BCUT2D eigenvalue weighted by Gasteiger charge is -2.34. The van der Waals surface area contributed by atoms with Gasteiger partial charge in [-0.3, -0.25) is 5.10 Å². The number of rotatable bonds is 1. The van der Waals surface area contributed by atoms with Crippen molar-refractivity contribution in [3.63, 3.8) is 0 Å². The van der Waals surface area contributed by atoms with E-state index in [4.69, 9.17) is 0 Å². The van der Waals surface area contributed by atoms with Crippen LogP contribution < -0.4 is 4.90 Å². The Kier molecular flexibility index (Phi) is 2.22. The summed E-state index contributed by atoms with van der Waals surface area (Å²) >= 11 is 0. The summed E-state index contributed by atoms with van der Waals surface area (Å²) in [6, 6.07) is 1.93. The van der Waals surface area contributed by atoms with Crippen molar-refractivity contribution in [1.82, 2.24) is 10.2 Å². The van der Waals surface area contributed by atoms with Crippen LogP contribution >= 0.6 is 0 Å². The van der Waals surface area contributed by atoms with E-state index in [1.165, 1.54) is 0 Å². The van der Waals surface area contributed by atoms with Crippen molar-refractivity contribution in [2.24, 2.45) is 5.92 Å². The Morgan fingerprint density at radius 1 is 1.69 bits per heavy atom. The molecule has 0 unspecified atom stereocenters. The molecule has 4 nitrogen and oxygen atoms in total.